The summed E-state index contributed by atoms with van der Waals surface area (Å²) in [5.74, 6) is -7.48. The Kier molecular flexibility index (Phi) is 4.30. The number of Topliss-reactive ketones (excluding diaryl/α,β-unsaturated/α-hetero) is 2. The number of phenolic OH excluding ortho intramolecular Hbond substituents is 1. The van der Waals surface area contributed by atoms with Gasteiger partial charge in [0.25, 0.3) is 5.91 Å². The van der Waals surface area contributed by atoms with E-state index in [2.05, 4.69) is 0 Å². The summed E-state index contributed by atoms with van der Waals surface area (Å²) in [5, 5.41) is 43.2. The molecule has 0 radical (unpaired) electrons. The number of phenols is 1. The number of benzene rings is 1. The number of hydrogen-bond donors (Lipinski definition) is 5. The van der Waals surface area contributed by atoms with Crippen LogP contribution >= 0.6 is 0 Å². The molecule has 9 nitrogen and oxygen atoms in total. The second-order valence-electron chi connectivity index (χ2n) is 7.94. The fourth-order valence-corrected chi connectivity index (χ4v) is 5.24. The van der Waals surface area contributed by atoms with Gasteiger partial charge < -0.3 is 30.9 Å². The molecule has 1 amide bonds. The van der Waals surface area contributed by atoms with E-state index in [0.717, 1.165) is 0 Å². The van der Waals surface area contributed by atoms with Crippen molar-refractivity contribution in [1.82, 2.24) is 0 Å². The fraction of sp³-hybridized carbons (Fsp3) is 0.381. The van der Waals surface area contributed by atoms with Crippen molar-refractivity contribution in [3.63, 3.8) is 0 Å². The molecule has 0 bridgehead atoms. The first-order chi connectivity index (χ1) is 14.1. The third-order valence-corrected chi connectivity index (χ3v) is 6.61. The van der Waals surface area contributed by atoms with Gasteiger partial charge in [0.2, 0.25) is 5.78 Å². The Morgan fingerprint density at radius 1 is 1.23 bits per heavy atom. The minimum Gasteiger partial charge on any atom is -0.508 e. The summed E-state index contributed by atoms with van der Waals surface area (Å²) in [5.41, 5.74) is 2.03. The maximum Gasteiger partial charge on any atom is 0.255 e. The lowest BCUT2D eigenvalue weighted by Gasteiger charge is -2.51. The highest BCUT2D eigenvalue weighted by molar-refractivity contribution is 6.22. The number of methoxy groups -OCH3 is 1. The highest BCUT2D eigenvalue weighted by Crippen LogP contribution is 2.56. The quantitative estimate of drug-likeness (QED) is 0.438. The van der Waals surface area contributed by atoms with E-state index in [9.17, 15) is 34.8 Å². The summed E-state index contributed by atoms with van der Waals surface area (Å²) in [6.45, 7) is 1.77. The number of carbonyl (C=O) groups excluding carboxylic acids is 3. The van der Waals surface area contributed by atoms with E-state index in [0.29, 0.717) is 5.56 Å². The number of hydrogen-bond acceptors (Lipinski definition) is 8. The van der Waals surface area contributed by atoms with Gasteiger partial charge in [0.05, 0.1) is 11.7 Å². The van der Waals surface area contributed by atoms with Crippen LogP contribution in [0.15, 0.2) is 35.1 Å². The summed E-state index contributed by atoms with van der Waals surface area (Å²) >= 11 is 0. The summed E-state index contributed by atoms with van der Waals surface area (Å²) < 4.78 is 5.58. The summed E-state index contributed by atoms with van der Waals surface area (Å²) in [7, 11) is 1.33. The van der Waals surface area contributed by atoms with E-state index in [1.807, 2.05) is 0 Å². The molecule has 5 atom stereocenters. The van der Waals surface area contributed by atoms with Crippen molar-refractivity contribution in [2.24, 2.45) is 17.6 Å². The van der Waals surface area contributed by atoms with Gasteiger partial charge >= 0.3 is 0 Å². The molecule has 158 valence electrons. The van der Waals surface area contributed by atoms with Gasteiger partial charge in [-0.3, -0.25) is 14.4 Å². The first kappa shape index (κ1) is 20.1. The molecule has 1 saturated carbocycles. The van der Waals surface area contributed by atoms with Gasteiger partial charge in [0.1, 0.15) is 22.8 Å². The van der Waals surface area contributed by atoms with E-state index in [4.69, 9.17) is 10.5 Å². The minimum absolute atomic E-state index is 0.0481. The maximum atomic E-state index is 13.5. The number of aromatic hydroxyl groups is 1. The third kappa shape index (κ3) is 2.27. The van der Waals surface area contributed by atoms with Gasteiger partial charge in [-0.1, -0.05) is 19.1 Å². The zero-order valence-corrected chi connectivity index (χ0v) is 16.2. The third-order valence-electron chi connectivity index (χ3n) is 6.61. The molecule has 4 rings (SSSR count). The number of aliphatic hydroxyl groups excluding tert-OH is 2. The molecule has 3 aliphatic carbocycles. The van der Waals surface area contributed by atoms with Crippen molar-refractivity contribution in [2.75, 3.05) is 7.11 Å². The van der Waals surface area contributed by atoms with Crippen molar-refractivity contribution in [2.45, 2.75) is 31.0 Å². The number of ether oxygens (including phenoxy) is 1. The Morgan fingerprint density at radius 3 is 2.50 bits per heavy atom. The topological polar surface area (TPSA) is 167 Å². The van der Waals surface area contributed by atoms with Crippen LogP contribution in [0.5, 0.6) is 5.75 Å². The molecule has 0 unspecified atom stereocenters. The molecule has 1 aromatic rings. The number of rotatable bonds is 2. The van der Waals surface area contributed by atoms with Crippen LogP contribution in [0, 0.1) is 11.8 Å². The molecule has 0 heterocycles. The molecular weight excluding hydrogens is 394 g/mol. The second-order valence-corrected chi connectivity index (χ2v) is 7.94. The number of fused-ring (bicyclic) bond motifs is 3. The summed E-state index contributed by atoms with van der Waals surface area (Å²) in [6.07, 6.45) is -1.41. The fourth-order valence-electron chi connectivity index (χ4n) is 5.24. The highest BCUT2D eigenvalue weighted by atomic mass is 16.5. The monoisotopic (exact) mass is 415 g/mol. The van der Waals surface area contributed by atoms with Gasteiger partial charge in [0, 0.05) is 30.9 Å². The predicted octanol–water partition coefficient (Wildman–Crippen LogP) is 0.610. The number of amides is 1. The van der Waals surface area contributed by atoms with Crippen LogP contribution in [0.1, 0.15) is 30.4 Å². The predicted molar refractivity (Wildman–Crippen MR) is 102 cm³/mol. The molecule has 0 saturated heterocycles. The minimum atomic E-state index is -2.68. The standard InChI is InChI=1S/C21H21NO8/c1-7-8-4-3-5-10(23)13(8)16(25)15-12(7)17(30-2)9-6-11(24)14(20(22)28)18(26)21(9,29)19(15)27/h3-5,7,9,12,17,23,25-26,29H,6H2,1-2H3,(H2,22,28)/t7-,9+,12+,17-,21+/m0/s1. The normalized spacial score (nSPS) is 33.2. The Labute approximate surface area is 171 Å². The smallest absolute Gasteiger partial charge is 0.255 e. The van der Waals surface area contributed by atoms with Crippen molar-refractivity contribution in [3.8, 4) is 5.75 Å². The van der Waals surface area contributed by atoms with Crippen LogP contribution < -0.4 is 5.73 Å². The Bertz CT molecular complexity index is 1070. The number of carbonyl (C=O) groups is 3. The van der Waals surface area contributed by atoms with Crippen molar-refractivity contribution in [1.29, 1.82) is 0 Å². The number of nitrogens with two attached hydrogens (primary N) is 1. The Balaban J connectivity index is 2.04. The summed E-state index contributed by atoms with van der Waals surface area (Å²) in [6, 6.07) is 4.64. The van der Waals surface area contributed by atoms with Crippen molar-refractivity contribution < 1.29 is 39.5 Å². The molecule has 30 heavy (non-hydrogen) atoms. The Morgan fingerprint density at radius 2 is 1.90 bits per heavy atom. The SMILES string of the molecule is CO[C@@H]1[C@H]2C(=C(O)c3c(O)cccc3[C@@H]2C)C(=O)[C@]2(O)C(O)=C(C(N)=O)C(=O)C[C@H]12. The average Bonchev–Trinajstić information content (AvgIpc) is 2.68. The van der Waals surface area contributed by atoms with E-state index in [1.54, 1.807) is 19.1 Å². The first-order valence-corrected chi connectivity index (χ1v) is 9.39. The molecule has 0 aliphatic heterocycles. The number of ketones is 2. The number of aliphatic hydroxyl groups is 3. The first-order valence-electron chi connectivity index (χ1n) is 9.39. The zero-order valence-electron chi connectivity index (χ0n) is 16.2. The van der Waals surface area contributed by atoms with Gasteiger partial charge in [-0.2, -0.15) is 0 Å². The van der Waals surface area contributed by atoms with Crippen molar-refractivity contribution in [3.05, 3.63) is 46.2 Å². The zero-order chi connectivity index (χ0) is 22.1. The van der Waals surface area contributed by atoms with Crippen LogP contribution in [-0.4, -0.2) is 56.7 Å². The second kappa shape index (κ2) is 6.41. The molecule has 1 aromatic carbocycles. The lowest BCUT2D eigenvalue weighted by atomic mass is 9.55. The summed E-state index contributed by atoms with van der Waals surface area (Å²) in [4.78, 5) is 37.6. The van der Waals surface area contributed by atoms with Gasteiger partial charge in [0.15, 0.2) is 11.4 Å². The number of primary amides is 1. The molecule has 6 N–H and O–H groups in total. The van der Waals surface area contributed by atoms with Crippen LogP contribution in [0.2, 0.25) is 0 Å². The highest BCUT2D eigenvalue weighted by Gasteiger charge is 2.65. The lowest BCUT2D eigenvalue weighted by molar-refractivity contribution is -0.163. The van der Waals surface area contributed by atoms with Crippen molar-refractivity contribution >= 4 is 23.2 Å². The van der Waals surface area contributed by atoms with E-state index in [1.165, 1.54) is 13.2 Å². The van der Waals surface area contributed by atoms with Crippen LogP contribution in [0.3, 0.4) is 0 Å². The van der Waals surface area contributed by atoms with Gasteiger partial charge in [-0.15, -0.1) is 0 Å². The lowest BCUT2D eigenvalue weighted by Crippen LogP contribution is -2.64. The van der Waals surface area contributed by atoms with Crippen LogP contribution in [-0.2, 0) is 19.1 Å². The largest absolute Gasteiger partial charge is 0.508 e. The van der Waals surface area contributed by atoms with Crippen LogP contribution in [0.4, 0.5) is 0 Å². The molecule has 0 spiro atoms. The molecule has 3 aliphatic rings. The van der Waals surface area contributed by atoms with E-state index >= 15 is 0 Å². The molecule has 0 aromatic heterocycles. The molecule has 1 fully saturated rings. The van der Waals surface area contributed by atoms with Gasteiger partial charge in [-0.05, 0) is 17.5 Å². The van der Waals surface area contributed by atoms with Gasteiger partial charge in [-0.25, -0.2) is 0 Å². The maximum absolute atomic E-state index is 13.5. The molecular formula is C21H21NO8. The average molecular weight is 415 g/mol. The van der Waals surface area contributed by atoms with E-state index < -0.39 is 70.4 Å². The molecule has 9 heteroatoms. The van der Waals surface area contributed by atoms with E-state index in [-0.39, 0.29) is 16.9 Å². The van der Waals surface area contributed by atoms with Crippen LogP contribution in [0.25, 0.3) is 5.76 Å². The Hall–Kier alpha value is -3.17.